The third-order valence-electron chi connectivity index (χ3n) is 5.19. The zero-order chi connectivity index (χ0) is 21.3. The first-order valence-corrected chi connectivity index (χ1v) is 10.4. The predicted molar refractivity (Wildman–Crippen MR) is 138 cm³/mol. The van der Waals surface area contributed by atoms with E-state index < -0.39 is 0 Å². The number of hydrogen-bond acceptors (Lipinski definition) is 3. The molecule has 166 valence electrons. The van der Waals surface area contributed by atoms with Crippen molar-refractivity contribution in [1.29, 1.82) is 0 Å². The maximum atomic E-state index is 9.80. The average Bonchev–Trinajstić information content (AvgIpc) is 3.07. The first-order valence-electron chi connectivity index (χ1n) is 10.4. The summed E-state index contributed by atoms with van der Waals surface area (Å²) < 4.78 is 1.97. The lowest BCUT2D eigenvalue weighted by Gasteiger charge is -2.18. The Morgan fingerprint density at radius 2 is 1.68 bits per heavy atom. The van der Waals surface area contributed by atoms with Gasteiger partial charge in [-0.2, -0.15) is 5.10 Å². The number of aliphatic hydroxyl groups excluding tert-OH is 1. The van der Waals surface area contributed by atoms with Crippen LogP contribution in [0.1, 0.15) is 35.4 Å². The second-order valence-corrected chi connectivity index (χ2v) is 7.26. The Bertz CT molecular complexity index is 957. The van der Waals surface area contributed by atoms with Gasteiger partial charge in [-0.1, -0.05) is 48.5 Å². The Labute approximate surface area is 201 Å². The topological polar surface area (TPSA) is 74.5 Å². The number of halogens is 1. The minimum Gasteiger partial charge on any atom is -0.396 e. The van der Waals surface area contributed by atoms with E-state index in [1.807, 2.05) is 67.1 Å². The molecule has 0 aliphatic heterocycles. The van der Waals surface area contributed by atoms with Gasteiger partial charge in [0.1, 0.15) is 0 Å². The van der Waals surface area contributed by atoms with E-state index >= 15 is 0 Å². The summed E-state index contributed by atoms with van der Waals surface area (Å²) in [4.78, 5) is 4.77. The largest absolute Gasteiger partial charge is 0.396 e. The van der Waals surface area contributed by atoms with Gasteiger partial charge in [-0.05, 0) is 38.5 Å². The highest BCUT2D eigenvalue weighted by molar-refractivity contribution is 14.0. The molecule has 0 saturated carbocycles. The number of aryl methyl sites for hydroxylation is 1. The van der Waals surface area contributed by atoms with Crippen LogP contribution in [-0.4, -0.2) is 40.5 Å². The Morgan fingerprint density at radius 3 is 2.29 bits per heavy atom. The maximum Gasteiger partial charge on any atom is 0.191 e. The molecule has 3 aromatic rings. The van der Waals surface area contributed by atoms with E-state index in [4.69, 9.17) is 10.1 Å². The van der Waals surface area contributed by atoms with Crippen LogP contribution in [0.4, 0.5) is 0 Å². The van der Waals surface area contributed by atoms with E-state index in [9.17, 15) is 5.11 Å². The number of aromatic nitrogens is 2. The molecule has 31 heavy (non-hydrogen) atoms. The number of hydrogen-bond donors (Lipinski definition) is 3. The second kappa shape index (κ2) is 12.5. The molecule has 6 nitrogen and oxygen atoms in total. The maximum absolute atomic E-state index is 9.80. The van der Waals surface area contributed by atoms with E-state index in [1.165, 1.54) is 0 Å². The fraction of sp³-hybridized carbons (Fsp3) is 0.333. The molecule has 7 heteroatoms. The SMILES string of the molecule is CCNC(=NCc1c(C)nn(-c2ccccc2)c1C)NCC(CO)c1ccccc1.I. The normalized spacial score (nSPS) is 12.2. The second-order valence-electron chi connectivity index (χ2n) is 7.26. The fourth-order valence-electron chi connectivity index (χ4n) is 3.46. The van der Waals surface area contributed by atoms with Crippen molar-refractivity contribution >= 4 is 29.9 Å². The van der Waals surface area contributed by atoms with Crippen LogP contribution in [0.3, 0.4) is 0 Å². The van der Waals surface area contributed by atoms with Crippen LogP contribution < -0.4 is 10.6 Å². The van der Waals surface area contributed by atoms with E-state index in [0.29, 0.717) is 13.1 Å². The molecule has 0 bridgehead atoms. The number of aliphatic hydroxyl groups is 1. The number of benzene rings is 2. The summed E-state index contributed by atoms with van der Waals surface area (Å²) in [5.74, 6) is 0.748. The molecule has 0 amide bonds. The van der Waals surface area contributed by atoms with E-state index in [1.54, 1.807) is 0 Å². The Kier molecular flexibility index (Phi) is 10.00. The van der Waals surface area contributed by atoms with Crippen molar-refractivity contribution in [2.75, 3.05) is 19.7 Å². The lowest BCUT2D eigenvalue weighted by Crippen LogP contribution is -2.40. The van der Waals surface area contributed by atoms with Gasteiger partial charge in [-0.15, -0.1) is 24.0 Å². The van der Waals surface area contributed by atoms with Crippen LogP contribution >= 0.6 is 24.0 Å². The Morgan fingerprint density at radius 1 is 1.03 bits per heavy atom. The molecule has 0 spiro atoms. The number of nitrogens with zero attached hydrogens (tertiary/aromatic N) is 3. The quantitative estimate of drug-likeness (QED) is 0.233. The summed E-state index contributed by atoms with van der Waals surface area (Å²) in [6.07, 6.45) is 0. The molecule has 1 aromatic heterocycles. The molecule has 1 atom stereocenters. The summed E-state index contributed by atoms with van der Waals surface area (Å²) in [5.41, 5.74) is 5.35. The van der Waals surface area contributed by atoms with E-state index in [0.717, 1.165) is 40.7 Å². The van der Waals surface area contributed by atoms with Crippen LogP contribution in [-0.2, 0) is 6.54 Å². The third-order valence-corrected chi connectivity index (χ3v) is 5.19. The highest BCUT2D eigenvalue weighted by Gasteiger charge is 2.14. The summed E-state index contributed by atoms with van der Waals surface area (Å²) in [7, 11) is 0. The summed E-state index contributed by atoms with van der Waals surface area (Å²) in [6.45, 7) is 8.13. The molecule has 3 rings (SSSR count). The van der Waals surface area contributed by atoms with Crippen molar-refractivity contribution in [1.82, 2.24) is 20.4 Å². The zero-order valence-electron chi connectivity index (χ0n) is 18.4. The average molecular weight is 533 g/mol. The fourth-order valence-corrected chi connectivity index (χ4v) is 3.46. The van der Waals surface area contributed by atoms with E-state index in [2.05, 4.69) is 29.7 Å². The Balaban J connectivity index is 0.00000341. The number of rotatable bonds is 8. The highest BCUT2D eigenvalue weighted by Crippen LogP contribution is 2.19. The van der Waals surface area contributed by atoms with Crippen molar-refractivity contribution in [3.8, 4) is 5.69 Å². The van der Waals surface area contributed by atoms with Gasteiger partial charge in [-0.25, -0.2) is 9.67 Å². The lowest BCUT2D eigenvalue weighted by molar-refractivity contribution is 0.265. The lowest BCUT2D eigenvalue weighted by atomic mass is 10.0. The first kappa shape index (κ1) is 24.9. The van der Waals surface area contributed by atoms with E-state index in [-0.39, 0.29) is 36.5 Å². The van der Waals surface area contributed by atoms with Gasteiger partial charge in [0.25, 0.3) is 0 Å². The molecular formula is C24H32IN5O. The van der Waals surface area contributed by atoms with Crippen LogP contribution in [0.25, 0.3) is 5.69 Å². The smallest absolute Gasteiger partial charge is 0.191 e. The van der Waals surface area contributed by atoms with Crippen LogP contribution in [0.15, 0.2) is 65.7 Å². The van der Waals surface area contributed by atoms with Gasteiger partial charge < -0.3 is 15.7 Å². The van der Waals surface area contributed by atoms with Crippen molar-refractivity contribution in [3.05, 3.63) is 83.2 Å². The highest BCUT2D eigenvalue weighted by atomic mass is 127. The van der Waals surface area contributed by atoms with Crippen molar-refractivity contribution in [2.24, 2.45) is 4.99 Å². The summed E-state index contributed by atoms with van der Waals surface area (Å²) >= 11 is 0. The zero-order valence-corrected chi connectivity index (χ0v) is 20.7. The molecule has 2 aromatic carbocycles. The van der Waals surface area contributed by atoms with Gasteiger partial charge in [0.15, 0.2) is 5.96 Å². The van der Waals surface area contributed by atoms with Gasteiger partial charge in [0.2, 0.25) is 0 Å². The van der Waals surface area contributed by atoms with Crippen molar-refractivity contribution in [2.45, 2.75) is 33.2 Å². The van der Waals surface area contributed by atoms with Gasteiger partial charge in [-0.3, -0.25) is 0 Å². The van der Waals surface area contributed by atoms with Crippen LogP contribution in [0, 0.1) is 13.8 Å². The van der Waals surface area contributed by atoms with Crippen LogP contribution in [0.2, 0.25) is 0 Å². The number of guanidine groups is 1. The minimum atomic E-state index is 0. The molecular weight excluding hydrogens is 501 g/mol. The van der Waals surface area contributed by atoms with Gasteiger partial charge in [0, 0.05) is 30.3 Å². The number of para-hydroxylation sites is 1. The van der Waals surface area contributed by atoms with Crippen molar-refractivity contribution in [3.63, 3.8) is 0 Å². The van der Waals surface area contributed by atoms with Gasteiger partial charge >= 0.3 is 0 Å². The monoisotopic (exact) mass is 533 g/mol. The molecule has 0 aliphatic carbocycles. The van der Waals surface area contributed by atoms with Crippen molar-refractivity contribution < 1.29 is 5.11 Å². The van der Waals surface area contributed by atoms with Gasteiger partial charge in [0.05, 0.1) is 24.5 Å². The first-order chi connectivity index (χ1) is 14.6. The Hall–Kier alpha value is -2.39. The predicted octanol–water partition coefficient (Wildman–Crippen LogP) is 3.94. The summed E-state index contributed by atoms with van der Waals surface area (Å²) in [6, 6.07) is 20.2. The molecule has 0 saturated heterocycles. The molecule has 0 aliphatic rings. The minimum absolute atomic E-state index is 0. The molecule has 1 heterocycles. The third kappa shape index (κ3) is 6.54. The number of nitrogens with one attached hydrogen (secondary N) is 2. The summed E-state index contributed by atoms with van der Waals surface area (Å²) in [5, 5.41) is 21.2. The molecule has 0 radical (unpaired) electrons. The number of aliphatic imine (C=N–C) groups is 1. The van der Waals surface area contributed by atoms with Crippen LogP contribution in [0.5, 0.6) is 0 Å². The molecule has 1 unspecified atom stereocenters. The molecule has 0 fully saturated rings. The standard InChI is InChI=1S/C24H31N5O.HI/c1-4-25-24(26-15-21(17-30)20-11-7-5-8-12-20)27-16-23-18(2)28-29(19(23)3)22-13-9-6-10-14-22;/h5-14,21,30H,4,15-17H2,1-3H3,(H2,25,26,27);1H. The molecule has 3 N–H and O–H groups in total.